The van der Waals surface area contributed by atoms with Crippen molar-refractivity contribution in [1.29, 1.82) is 0 Å². The fraction of sp³-hybridized carbons (Fsp3) is 0.526. The second-order valence-corrected chi connectivity index (χ2v) is 6.58. The lowest BCUT2D eigenvalue weighted by molar-refractivity contribution is -0.138. The zero-order valence-corrected chi connectivity index (χ0v) is 14.4. The Morgan fingerprint density at radius 2 is 2.00 bits per heavy atom. The predicted molar refractivity (Wildman–Crippen MR) is 95.7 cm³/mol. The Hall–Kier alpha value is -1.69. The molecule has 130 valence electrons. The van der Waals surface area contributed by atoms with Crippen LogP contribution in [-0.2, 0) is 9.53 Å². The van der Waals surface area contributed by atoms with E-state index in [0.29, 0.717) is 26.3 Å². The van der Waals surface area contributed by atoms with Crippen LogP contribution in [0, 0.1) is 0 Å². The molecule has 1 atom stereocenters. The molecule has 0 aromatic heterocycles. The summed E-state index contributed by atoms with van der Waals surface area (Å²) in [7, 11) is 0. The zero-order chi connectivity index (χ0) is 16.8. The quantitative estimate of drug-likeness (QED) is 0.902. The molecule has 3 rings (SSSR count). The van der Waals surface area contributed by atoms with Gasteiger partial charge in [-0.3, -0.25) is 9.69 Å². The van der Waals surface area contributed by atoms with E-state index in [-0.39, 0.29) is 11.9 Å². The molecule has 24 heavy (non-hydrogen) atoms. The third-order valence-electron chi connectivity index (χ3n) is 4.57. The molecule has 0 spiro atoms. The van der Waals surface area contributed by atoms with E-state index in [1.165, 1.54) is 11.1 Å². The predicted octanol–water partition coefficient (Wildman–Crippen LogP) is 1.22. The lowest BCUT2D eigenvalue weighted by atomic mass is 10.1. The summed E-state index contributed by atoms with van der Waals surface area (Å²) in [6.07, 6.45) is 2.22. The maximum Gasteiger partial charge on any atom is 0.241 e. The van der Waals surface area contributed by atoms with Gasteiger partial charge < -0.3 is 15.0 Å². The minimum atomic E-state index is -0.0959. The van der Waals surface area contributed by atoms with Crippen LogP contribution >= 0.6 is 0 Å². The average Bonchev–Trinajstić information content (AvgIpc) is 2.63. The van der Waals surface area contributed by atoms with Crippen LogP contribution in [0.2, 0.25) is 0 Å². The Bertz CT molecular complexity index is 567. The van der Waals surface area contributed by atoms with Gasteiger partial charge in [0.1, 0.15) is 0 Å². The topological polar surface area (TPSA) is 44.8 Å². The van der Waals surface area contributed by atoms with E-state index in [1.807, 2.05) is 11.0 Å². The van der Waals surface area contributed by atoms with Gasteiger partial charge in [-0.25, -0.2) is 0 Å². The lowest BCUT2D eigenvalue weighted by Gasteiger charge is -2.37. The van der Waals surface area contributed by atoms with E-state index < -0.39 is 0 Å². The smallest absolute Gasteiger partial charge is 0.241 e. The Morgan fingerprint density at radius 3 is 2.75 bits per heavy atom. The highest BCUT2D eigenvalue weighted by molar-refractivity contribution is 5.82. The van der Waals surface area contributed by atoms with Crippen molar-refractivity contribution in [2.24, 2.45) is 0 Å². The minimum absolute atomic E-state index is 0.0959. The largest absolute Gasteiger partial charge is 0.378 e. The molecule has 0 bridgehead atoms. The fourth-order valence-electron chi connectivity index (χ4n) is 3.36. The van der Waals surface area contributed by atoms with Crippen LogP contribution in [0.25, 0.3) is 6.08 Å². The highest BCUT2D eigenvalue weighted by atomic mass is 16.5. The van der Waals surface area contributed by atoms with Crippen LogP contribution < -0.4 is 5.32 Å². The molecule has 2 aliphatic heterocycles. The van der Waals surface area contributed by atoms with Gasteiger partial charge in [-0.15, -0.1) is 0 Å². The van der Waals surface area contributed by atoms with Crippen molar-refractivity contribution in [3.05, 3.63) is 41.5 Å². The molecule has 2 heterocycles. The molecule has 1 aromatic rings. The second kappa shape index (κ2) is 8.42. The molecule has 5 nitrogen and oxygen atoms in total. The fourth-order valence-corrected chi connectivity index (χ4v) is 3.36. The number of carbonyl (C=O) groups is 1. The van der Waals surface area contributed by atoms with Gasteiger partial charge in [-0.2, -0.15) is 0 Å². The first-order chi connectivity index (χ1) is 11.7. The minimum Gasteiger partial charge on any atom is -0.378 e. The average molecular weight is 329 g/mol. The molecule has 0 radical (unpaired) electrons. The summed E-state index contributed by atoms with van der Waals surface area (Å²) >= 11 is 0. The number of hydrogen-bond acceptors (Lipinski definition) is 4. The van der Waals surface area contributed by atoms with E-state index in [2.05, 4.69) is 47.5 Å². The molecule has 2 fully saturated rings. The molecular weight excluding hydrogens is 302 g/mol. The lowest BCUT2D eigenvalue weighted by Crippen LogP contribution is -2.59. The van der Waals surface area contributed by atoms with Crippen molar-refractivity contribution in [1.82, 2.24) is 15.1 Å². The molecule has 1 aromatic carbocycles. The number of nitrogens with one attached hydrogen (secondary N) is 1. The number of ether oxygens (including phenoxy) is 1. The van der Waals surface area contributed by atoms with Crippen molar-refractivity contribution < 1.29 is 9.53 Å². The first-order valence-corrected chi connectivity index (χ1v) is 8.77. The van der Waals surface area contributed by atoms with E-state index in [1.54, 1.807) is 0 Å². The van der Waals surface area contributed by atoms with Crippen LogP contribution in [0.3, 0.4) is 0 Å². The SMILES string of the molecule is C/C(=C\c1ccccc1)CN1CCNC(C(=O)N2CCOCC2)C1. The van der Waals surface area contributed by atoms with Crippen molar-refractivity contribution in [3.63, 3.8) is 0 Å². The van der Waals surface area contributed by atoms with Crippen LogP contribution in [0.1, 0.15) is 12.5 Å². The van der Waals surface area contributed by atoms with Gasteiger partial charge >= 0.3 is 0 Å². The third kappa shape index (κ3) is 4.66. The van der Waals surface area contributed by atoms with E-state index in [4.69, 9.17) is 4.74 Å². The first-order valence-electron chi connectivity index (χ1n) is 8.77. The number of piperazine rings is 1. The number of amides is 1. The summed E-state index contributed by atoms with van der Waals surface area (Å²) in [5, 5.41) is 3.38. The number of hydrogen-bond donors (Lipinski definition) is 1. The highest BCUT2D eigenvalue weighted by Crippen LogP contribution is 2.11. The summed E-state index contributed by atoms with van der Waals surface area (Å²) in [6.45, 7) is 8.41. The zero-order valence-electron chi connectivity index (χ0n) is 14.4. The summed E-state index contributed by atoms with van der Waals surface area (Å²) in [5.74, 6) is 0.215. The molecule has 0 aliphatic carbocycles. The van der Waals surface area contributed by atoms with Gasteiger partial charge in [0.25, 0.3) is 0 Å². The summed E-state index contributed by atoms with van der Waals surface area (Å²) in [4.78, 5) is 16.9. The molecule has 0 saturated carbocycles. The monoisotopic (exact) mass is 329 g/mol. The Balaban J connectivity index is 1.55. The number of nitrogens with zero attached hydrogens (tertiary/aromatic N) is 2. The second-order valence-electron chi connectivity index (χ2n) is 6.58. The highest BCUT2D eigenvalue weighted by Gasteiger charge is 2.29. The van der Waals surface area contributed by atoms with Crippen molar-refractivity contribution in [2.75, 3.05) is 52.5 Å². The van der Waals surface area contributed by atoms with Crippen LogP contribution in [-0.4, -0.2) is 74.2 Å². The molecule has 2 aliphatic rings. The van der Waals surface area contributed by atoms with Gasteiger partial charge in [0.2, 0.25) is 5.91 Å². The molecular formula is C19H27N3O2. The maximum absolute atomic E-state index is 12.6. The van der Waals surface area contributed by atoms with E-state index in [0.717, 1.165) is 26.2 Å². The summed E-state index contributed by atoms with van der Waals surface area (Å²) in [6, 6.07) is 10.3. The Kier molecular flexibility index (Phi) is 6.01. The molecule has 2 saturated heterocycles. The number of carbonyl (C=O) groups excluding carboxylic acids is 1. The van der Waals surface area contributed by atoms with Crippen LogP contribution in [0.15, 0.2) is 35.9 Å². The number of morpholine rings is 1. The summed E-state index contributed by atoms with van der Waals surface area (Å²) < 4.78 is 5.34. The van der Waals surface area contributed by atoms with Crippen LogP contribution in [0.4, 0.5) is 0 Å². The van der Waals surface area contributed by atoms with Gasteiger partial charge in [0.15, 0.2) is 0 Å². The van der Waals surface area contributed by atoms with Crippen molar-refractivity contribution in [2.45, 2.75) is 13.0 Å². The first kappa shape index (κ1) is 17.1. The van der Waals surface area contributed by atoms with Crippen molar-refractivity contribution in [3.8, 4) is 0 Å². The van der Waals surface area contributed by atoms with E-state index in [9.17, 15) is 4.79 Å². The number of rotatable bonds is 4. The standard InChI is InChI=1S/C19H27N3O2/c1-16(13-17-5-3-2-4-6-17)14-21-8-7-20-18(15-21)19(23)22-9-11-24-12-10-22/h2-6,13,18,20H,7-12,14-15H2,1H3/b16-13+. The Morgan fingerprint density at radius 1 is 1.25 bits per heavy atom. The molecule has 1 amide bonds. The van der Waals surface area contributed by atoms with Gasteiger partial charge in [0, 0.05) is 39.3 Å². The van der Waals surface area contributed by atoms with Gasteiger partial charge in [0.05, 0.1) is 19.3 Å². The third-order valence-corrected chi connectivity index (χ3v) is 4.57. The molecule has 1 unspecified atom stereocenters. The van der Waals surface area contributed by atoms with E-state index >= 15 is 0 Å². The van der Waals surface area contributed by atoms with Gasteiger partial charge in [-0.05, 0) is 12.5 Å². The van der Waals surface area contributed by atoms with Crippen molar-refractivity contribution >= 4 is 12.0 Å². The Labute approximate surface area is 144 Å². The van der Waals surface area contributed by atoms with Crippen LogP contribution in [0.5, 0.6) is 0 Å². The molecule has 5 heteroatoms. The maximum atomic E-state index is 12.6. The normalized spacial score (nSPS) is 23.3. The number of benzene rings is 1. The molecule has 1 N–H and O–H groups in total. The summed E-state index contributed by atoms with van der Waals surface area (Å²) in [5.41, 5.74) is 2.55. The van der Waals surface area contributed by atoms with Gasteiger partial charge in [-0.1, -0.05) is 42.0 Å².